The quantitative estimate of drug-likeness (QED) is 0.880. The van der Waals surface area contributed by atoms with Crippen LogP contribution in [0.1, 0.15) is 31.7 Å². The van der Waals surface area contributed by atoms with Crippen LogP contribution in [-0.2, 0) is 6.54 Å². The molecule has 1 saturated heterocycles. The van der Waals surface area contributed by atoms with Crippen LogP contribution in [-0.4, -0.2) is 30.6 Å². The summed E-state index contributed by atoms with van der Waals surface area (Å²) in [6, 6.07) is 8.89. The van der Waals surface area contributed by atoms with Gasteiger partial charge in [-0.3, -0.25) is 4.90 Å². The zero-order valence-corrected chi connectivity index (χ0v) is 11.9. The minimum absolute atomic E-state index is 0.672. The molecule has 3 heteroatoms. The molecule has 2 nitrogen and oxygen atoms in total. The number of halogens is 1. The van der Waals surface area contributed by atoms with E-state index in [0.29, 0.717) is 6.04 Å². The van der Waals surface area contributed by atoms with Gasteiger partial charge in [-0.1, -0.05) is 30.7 Å². The Balaban J connectivity index is 1.83. The molecule has 1 heterocycles. The van der Waals surface area contributed by atoms with Crippen LogP contribution in [0.2, 0.25) is 5.02 Å². The van der Waals surface area contributed by atoms with E-state index in [2.05, 4.69) is 29.3 Å². The van der Waals surface area contributed by atoms with Crippen LogP contribution >= 0.6 is 11.6 Å². The average Bonchev–Trinajstić information content (AvgIpc) is 2.40. The van der Waals surface area contributed by atoms with E-state index in [1.807, 2.05) is 12.1 Å². The molecule has 1 aromatic carbocycles. The smallest absolute Gasteiger partial charge is 0.0406 e. The number of rotatable bonds is 5. The summed E-state index contributed by atoms with van der Waals surface area (Å²) in [5.74, 6) is 0. The zero-order valence-electron chi connectivity index (χ0n) is 11.2. The van der Waals surface area contributed by atoms with Crippen molar-refractivity contribution in [1.82, 2.24) is 10.2 Å². The van der Waals surface area contributed by atoms with Gasteiger partial charge in [-0.15, -0.1) is 0 Å². The van der Waals surface area contributed by atoms with Crippen molar-refractivity contribution in [2.45, 2.75) is 38.8 Å². The van der Waals surface area contributed by atoms with Gasteiger partial charge in [0, 0.05) is 24.2 Å². The molecule has 18 heavy (non-hydrogen) atoms. The lowest BCUT2D eigenvalue weighted by molar-refractivity contribution is 0.183. The predicted molar refractivity (Wildman–Crippen MR) is 78.0 cm³/mol. The van der Waals surface area contributed by atoms with Crippen molar-refractivity contribution >= 4 is 11.6 Å². The summed E-state index contributed by atoms with van der Waals surface area (Å²) in [6.45, 7) is 6.79. The molecule has 0 aliphatic carbocycles. The van der Waals surface area contributed by atoms with E-state index in [0.717, 1.165) is 18.1 Å². The highest BCUT2D eigenvalue weighted by Crippen LogP contribution is 2.15. The average molecular weight is 267 g/mol. The molecular weight excluding hydrogens is 244 g/mol. The fraction of sp³-hybridized carbons (Fsp3) is 0.600. The van der Waals surface area contributed by atoms with Crippen LogP contribution in [0.5, 0.6) is 0 Å². The first-order valence-electron chi connectivity index (χ1n) is 6.98. The molecule has 2 rings (SSSR count). The maximum atomic E-state index is 5.91. The third-order valence-corrected chi connectivity index (χ3v) is 3.76. The van der Waals surface area contributed by atoms with Gasteiger partial charge in [-0.25, -0.2) is 0 Å². The highest BCUT2D eigenvalue weighted by atomic mass is 35.5. The summed E-state index contributed by atoms with van der Waals surface area (Å²) >= 11 is 5.91. The highest BCUT2D eigenvalue weighted by Gasteiger charge is 2.18. The summed E-state index contributed by atoms with van der Waals surface area (Å²) in [4.78, 5) is 2.54. The lowest BCUT2D eigenvalue weighted by atomic mass is 10.0. The maximum absolute atomic E-state index is 5.91. The monoisotopic (exact) mass is 266 g/mol. The standard InChI is InChI=1S/C15H23ClN2/c1-2-9-17-15-4-3-10-18(12-15)11-13-5-7-14(16)8-6-13/h5-8,15,17H,2-4,9-12H2,1H3. The summed E-state index contributed by atoms with van der Waals surface area (Å²) in [7, 11) is 0. The Labute approximate surface area is 115 Å². The SMILES string of the molecule is CCCNC1CCCN(Cc2ccc(Cl)cc2)C1. The van der Waals surface area contributed by atoms with E-state index in [1.54, 1.807) is 0 Å². The molecule has 1 unspecified atom stereocenters. The molecule has 0 bridgehead atoms. The number of nitrogens with one attached hydrogen (secondary N) is 1. The van der Waals surface area contributed by atoms with E-state index in [9.17, 15) is 0 Å². The van der Waals surface area contributed by atoms with Gasteiger partial charge in [-0.2, -0.15) is 0 Å². The minimum Gasteiger partial charge on any atom is -0.313 e. The van der Waals surface area contributed by atoms with Gasteiger partial charge in [0.05, 0.1) is 0 Å². The van der Waals surface area contributed by atoms with E-state index in [4.69, 9.17) is 11.6 Å². The second kappa shape index (κ2) is 7.13. The van der Waals surface area contributed by atoms with Crippen molar-refractivity contribution in [2.24, 2.45) is 0 Å². The lowest BCUT2D eigenvalue weighted by Crippen LogP contribution is -2.45. The summed E-state index contributed by atoms with van der Waals surface area (Å²) in [6.07, 6.45) is 3.83. The highest BCUT2D eigenvalue weighted by molar-refractivity contribution is 6.30. The van der Waals surface area contributed by atoms with Crippen molar-refractivity contribution in [1.29, 1.82) is 0 Å². The Kier molecular flexibility index (Phi) is 5.48. The van der Waals surface area contributed by atoms with Crippen molar-refractivity contribution in [3.8, 4) is 0 Å². The van der Waals surface area contributed by atoms with E-state index < -0.39 is 0 Å². The maximum Gasteiger partial charge on any atom is 0.0406 e. The van der Waals surface area contributed by atoms with Crippen LogP contribution in [0.15, 0.2) is 24.3 Å². The van der Waals surface area contributed by atoms with Crippen LogP contribution in [0.3, 0.4) is 0 Å². The van der Waals surface area contributed by atoms with E-state index >= 15 is 0 Å². The van der Waals surface area contributed by atoms with Crippen molar-refractivity contribution < 1.29 is 0 Å². The Morgan fingerprint density at radius 1 is 1.33 bits per heavy atom. The fourth-order valence-electron chi connectivity index (χ4n) is 2.56. The molecule has 1 atom stereocenters. The normalized spacial score (nSPS) is 21.1. The van der Waals surface area contributed by atoms with Gasteiger partial charge in [0.1, 0.15) is 0 Å². The van der Waals surface area contributed by atoms with Gasteiger partial charge in [0.25, 0.3) is 0 Å². The summed E-state index contributed by atoms with van der Waals surface area (Å²) in [5.41, 5.74) is 1.36. The Morgan fingerprint density at radius 2 is 2.11 bits per heavy atom. The van der Waals surface area contributed by atoms with Crippen LogP contribution in [0.25, 0.3) is 0 Å². The molecule has 0 aromatic heterocycles. The summed E-state index contributed by atoms with van der Waals surface area (Å²) in [5, 5.41) is 4.45. The molecule has 1 aliphatic rings. The molecular formula is C15H23ClN2. The molecule has 0 amide bonds. The van der Waals surface area contributed by atoms with Crippen LogP contribution in [0.4, 0.5) is 0 Å². The van der Waals surface area contributed by atoms with Gasteiger partial charge >= 0.3 is 0 Å². The Hall–Kier alpha value is -0.570. The molecule has 1 N–H and O–H groups in total. The molecule has 1 aromatic rings. The number of nitrogens with zero attached hydrogens (tertiary/aromatic N) is 1. The van der Waals surface area contributed by atoms with Crippen LogP contribution < -0.4 is 5.32 Å². The number of piperidine rings is 1. The minimum atomic E-state index is 0.672. The molecule has 1 aliphatic heterocycles. The second-order valence-electron chi connectivity index (χ2n) is 5.15. The number of hydrogen-bond acceptors (Lipinski definition) is 2. The zero-order chi connectivity index (χ0) is 12.8. The first-order chi connectivity index (χ1) is 8.78. The molecule has 0 saturated carbocycles. The molecule has 1 fully saturated rings. The predicted octanol–water partition coefficient (Wildman–Crippen LogP) is 3.30. The van der Waals surface area contributed by atoms with Crippen molar-refractivity contribution in [2.75, 3.05) is 19.6 Å². The first kappa shape index (κ1) is 13.9. The van der Waals surface area contributed by atoms with Gasteiger partial charge in [0.2, 0.25) is 0 Å². The molecule has 0 radical (unpaired) electrons. The van der Waals surface area contributed by atoms with E-state index in [-0.39, 0.29) is 0 Å². The topological polar surface area (TPSA) is 15.3 Å². The molecule has 0 spiro atoms. The summed E-state index contributed by atoms with van der Waals surface area (Å²) < 4.78 is 0. The van der Waals surface area contributed by atoms with E-state index in [1.165, 1.54) is 37.9 Å². The Bertz CT molecular complexity index is 350. The lowest BCUT2D eigenvalue weighted by Gasteiger charge is -2.33. The van der Waals surface area contributed by atoms with Gasteiger partial charge in [-0.05, 0) is 50.0 Å². The number of hydrogen-bond donors (Lipinski definition) is 1. The third-order valence-electron chi connectivity index (χ3n) is 3.51. The van der Waals surface area contributed by atoms with Crippen LogP contribution in [0, 0.1) is 0 Å². The fourth-order valence-corrected chi connectivity index (χ4v) is 2.69. The Morgan fingerprint density at radius 3 is 2.83 bits per heavy atom. The number of benzene rings is 1. The largest absolute Gasteiger partial charge is 0.313 e. The first-order valence-corrected chi connectivity index (χ1v) is 7.36. The third kappa shape index (κ3) is 4.27. The van der Waals surface area contributed by atoms with Crippen molar-refractivity contribution in [3.05, 3.63) is 34.9 Å². The molecule has 100 valence electrons. The number of likely N-dealkylation sites (tertiary alicyclic amines) is 1. The van der Waals surface area contributed by atoms with Gasteiger partial charge in [0.15, 0.2) is 0 Å². The van der Waals surface area contributed by atoms with Crippen molar-refractivity contribution in [3.63, 3.8) is 0 Å². The second-order valence-corrected chi connectivity index (χ2v) is 5.59. The van der Waals surface area contributed by atoms with Gasteiger partial charge < -0.3 is 5.32 Å².